The molecule has 0 fully saturated rings. The van der Waals surface area contributed by atoms with Crippen molar-refractivity contribution in [2.24, 2.45) is 0 Å². The lowest BCUT2D eigenvalue weighted by Crippen LogP contribution is -2.54. The largest absolute Gasteiger partial charge is 0.500 e. The summed E-state index contributed by atoms with van der Waals surface area (Å²) in [5.41, 5.74) is 1.06. The Labute approximate surface area is 134 Å². The highest BCUT2D eigenvalue weighted by Gasteiger charge is 2.46. The van der Waals surface area contributed by atoms with E-state index < -0.39 is 27.2 Å². The number of imide groups is 1. The maximum absolute atomic E-state index is 12.6. The van der Waals surface area contributed by atoms with Crippen LogP contribution in [0, 0.1) is 6.92 Å². The monoisotopic (exact) mass is 340 g/mol. The number of carbonyl (C=O) groups is 2. The summed E-state index contributed by atoms with van der Waals surface area (Å²) < 4.78 is 33.7. The van der Waals surface area contributed by atoms with Crippen LogP contribution >= 0.6 is 0 Å². The standard InChI is InChI=1S/C14H18N3O5S/c1-9-5-6-11(22-4)10(7-9)15-23(20,21)12-8-16(2)14(19)17(3)13(12)18/h5-8,12,15H,1-4H3/q+1. The number of methoxy groups -OCH3 is 1. The van der Waals surface area contributed by atoms with Gasteiger partial charge in [0.05, 0.1) is 26.9 Å². The first-order valence-electron chi connectivity index (χ1n) is 6.73. The lowest BCUT2D eigenvalue weighted by Gasteiger charge is -2.20. The highest BCUT2D eigenvalue weighted by atomic mass is 32.2. The van der Waals surface area contributed by atoms with Crippen LogP contribution in [-0.4, -0.2) is 62.5 Å². The number of ether oxygens (including phenoxy) is 1. The maximum Gasteiger partial charge on any atom is 0.500 e. The van der Waals surface area contributed by atoms with E-state index in [1.54, 1.807) is 25.1 Å². The molecule has 3 amide bonds. The molecule has 0 saturated heterocycles. The van der Waals surface area contributed by atoms with Gasteiger partial charge in [0, 0.05) is 0 Å². The van der Waals surface area contributed by atoms with Gasteiger partial charge in [0.2, 0.25) is 5.25 Å². The molecule has 0 spiro atoms. The van der Waals surface area contributed by atoms with Crippen LogP contribution in [0.5, 0.6) is 5.75 Å². The van der Waals surface area contributed by atoms with Crippen LogP contribution in [0.3, 0.4) is 0 Å². The summed E-state index contributed by atoms with van der Waals surface area (Å²) in [6, 6.07) is 4.41. The van der Waals surface area contributed by atoms with Crippen LogP contribution in [-0.2, 0) is 14.8 Å². The SMILES string of the molecule is COc1ccc(C)cc1NS(=O)(=O)C1C=[N+](C)C(=O)N(C)C1=O. The molecule has 124 valence electrons. The predicted octanol–water partition coefficient (Wildman–Crippen LogP) is 0.419. The summed E-state index contributed by atoms with van der Waals surface area (Å²) in [7, 11) is -0.0477. The quantitative estimate of drug-likeness (QED) is 0.802. The van der Waals surface area contributed by atoms with Gasteiger partial charge in [-0.2, -0.15) is 9.69 Å². The van der Waals surface area contributed by atoms with E-state index >= 15 is 0 Å². The second-order valence-corrected chi connectivity index (χ2v) is 7.01. The van der Waals surface area contributed by atoms with Gasteiger partial charge in [0.1, 0.15) is 12.0 Å². The third kappa shape index (κ3) is 3.19. The fourth-order valence-electron chi connectivity index (χ4n) is 2.18. The van der Waals surface area contributed by atoms with Crippen molar-refractivity contribution in [3.63, 3.8) is 0 Å². The predicted molar refractivity (Wildman–Crippen MR) is 84.5 cm³/mol. The highest BCUT2D eigenvalue weighted by molar-refractivity contribution is 7.94. The molecule has 1 aliphatic rings. The molecule has 1 aromatic rings. The number of urea groups is 1. The second kappa shape index (κ2) is 5.99. The summed E-state index contributed by atoms with van der Waals surface area (Å²) in [6.45, 7) is 1.80. The first-order chi connectivity index (χ1) is 10.7. The number of amides is 3. The molecule has 1 N–H and O–H groups in total. The Hall–Kier alpha value is -2.42. The number of benzene rings is 1. The van der Waals surface area contributed by atoms with Gasteiger partial charge in [-0.3, -0.25) is 4.72 Å². The number of nitrogens with one attached hydrogen (secondary N) is 1. The lowest BCUT2D eigenvalue weighted by molar-refractivity contribution is -0.399. The fourth-order valence-corrected chi connectivity index (χ4v) is 3.54. The van der Waals surface area contributed by atoms with E-state index in [-0.39, 0.29) is 5.69 Å². The molecular weight excluding hydrogens is 322 g/mol. The third-order valence-electron chi connectivity index (χ3n) is 3.46. The Morgan fingerprint density at radius 1 is 1.30 bits per heavy atom. The number of carbonyl (C=O) groups excluding carboxylic acids is 2. The van der Waals surface area contributed by atoms with Gasteiger partial charge >= 0.3 is 11.9 Å². The van der Waals surface area contributed by atoms with Crippen molar-refractivity contribution in [2.75, 3.05) is 25.9 Å². The van der Waals surface area contributed by atoms with Crippen molar-refractivity contribution >= 4 is 33.9 Å². The van der Waals surface area contributed by atoms with Gasteiger partial charge in [0.15, 0.2) is 0 Å². The molecule has 0 radical (unpaired) electrons. The summed E-state index contributed by atoms with van der Waals surface area (Å²) in [5.74, 6) is -0.479. The van der Waals surface area contributed by atoms with Crippen molar-refractivity contribution in [1.29, 1.82) is 0 Å². The van der Waals surface area contributed by atoms with E-state index in [0.29, 0.717) is 5.75 Å². The molecule has 1 heterocycles. The van der Waals surface area contributed by atoms with Gasteiger partial charge in [0.25, 0.3) is 10.0 Å². The molecule has 1 aromatic carbocycles. The molecule has 9 heteroatoms. The average molecular weight is 340 g/mol. The average Bonchev–Trinajstić information content (AvgIpc) is 2.48. The van der Waals surface area contributed by atoms with Gasteiger partial charge in [-0.1, -0.05) is 6.07 Å². The van der Waals surface area contributed by atoms with Crippen LogP contribution in [0.15, 0.2) is 18.2 Å². The molecule has 8 nitrogen and oxygen atoms in total. The highest BCUT2D eigenvalue weighted by Crippen LogP contribution is 2.27. The Bertz CT molecular complexity index is 801. The molecule has 1 atom stereocenters. The fraction of sp³-hybridized carbons (Fsp3) is 0.357. The van der Waals surface area contributed by atoms with Crippen LogP contribution < -0.4 is 9.46 Å². The summed E-state index contributed by atoms with van der Waals surface area (Å²) in [6.07, 6.45) is 1.08. The molecule has 1 unspecified atom stereocenters. The number of nitrogens with zero attached hydrogens (tertiary/aromatic N) is 2. The molecule has 0 aliphatic carbocycles. The summed E-state index contributed by atoms with van der Waals surface area (Å²) in [5, 5.41) is -1.50. The van der Waals surface area contributed by atoms with Gasteiger partial charge < -0.3 is 4.74 Å². The van der Waals surface area contributed by atoms with Crippen LogP contribution in [0.4, 0.5) is 10.5 Å². The van der Waals surface area contributed by atoms with E-state index in [0.717, 1.165) is 21.3 Å². The third-order valence-corrected chi connectivity index (χ3v) is 4.96. The molecule has 0 aromatic heterocycles. The topological polar surface area (TPSA) is 95.8 Å². The van der Waals surface area contributed by atoms with Gasteiger partial charge in [-0.25, -0.2) is 17.8 Å². The van der Waals surface area contributed by atoms with Gasteiger partial charge in [-0.05, 0) is 24.6 Å². The van der Waals surface area contributed by atoms with Crippen molar-refractivity contribution < 1.29 is 27.3 Å². The molecular formula is C14H18N3O5S+. The zero-order chi connectivity index (χ0) is 17.4. The molecule has 1 aliphatic heterocycles. The summed E-state index contributed by atoms with van der Waals surface area (Å²) in [4.78, 5) is 24.6. The Morgan fingerprint density at radius 3 is 2.57 bits per heavy atom. The van der Waals surface area contributed by atoms with Gasteiger partial charge in [-0.15, -0.1) is 0 Å². The van der Waals surface area contributed by atoms with E-state index in [9.17, 15) is 18.0 Å². The molecule has 0 bridgehead atoms. The number of hydrogen-bond acceptors (Lipinski definition) is 5. The smallest absolute Gasteiger partial charge is 0.495 e. The number of aryl methyl sites for hydroxylation is 1. The zero-order valence-corrected chi connectivity index (χ0v) is 14.0. The minimum Gasteiger partial charge on any atom is -0.495 e. The molecule has 23 heavy (non-hydrogen) atoms. The first kappa shape index (κ1) is 16.9. The number of hydrogen-bond donors (Lipinski definition) is 1. The normalized spacial score (nSPS) is 18.7. The van der Waals surface area contributed by atoms with E-state index in [1.807, 2.05) is 0 Å². The minimum absolute atomic E-state index is 0.232. The zero-order valence-electron chi connectivity index (χ0n) is 13.2. The van der Waals surface area contributed by atoms with E-state index in [1.165, 1.54) is 21.2 Å². The van der Waals surface area contributed by atoms with Crippen molar-refractivity contribution in [2.45, 2.75) is 12.2 Å². The maximum atomic E-state index is 12.6. The minimum atomic E-state index is -4.09. The Balaban J connectivity index is 2.42. The number of anilines is 1. The number of sulfonamides is 1. The van der Waals surface area contributed by atoms with E-state index in [2.05, 4.69) is 4.72 Å². The lowest BCUT2D eigenvalue weighted by atomic mass is 10.2. The Kier molecular flexibility index (Phi) is 4.42. The van der Waals surface area contributed by atoms with Crippen LogP contribution in [0.1, 0.15) is 5.56 Å². The molecule has 2 rings (SSSR count). The van der Waals surface area contributed by atoms with E-state index in [4.69, 9.17) is 4.74 Å². The Morgan fingerprint density at radius 2 is 1.96 bits per heavy atom. The van der Waals surface area contributed by atoms with Crippen molar-refractivity contribution in [3.05, 3.63) is 23.8 Å². The van der Waals surface area contributed by atoms with Crippen LogP contribution in [0.25, 0.3) is 0 Å². The molecule has 0 saturated carbocycles. The van der Waals surface area contributed by atoms with Crippen LogP contribution in [0.2, 0.25) is 0 Å². The number of rotatable bonds is 4. The van der Waals surface area contributed by atoms with Crippen molar-refractivity contribution in [3.8, 4) is 5.75 Å². The summed E-state index contributed by atoms with van der Waals surface area (Å²) >= 11 is 0. The first-order valence-corrected chi connectivity index (χ1v) is 8.27. The second-order valence-electron chi connectivity index (χ2n) is 5.21. The van der Waals surface area contributed by atoms with Crippen molar-refractivity contribution in [1.82, 2.24) is 4.90 Å².